The molecule has 1 fully saturated rings. The first-order chi connectivity index (χ1) is 15.1. The lowest BCUT2D eigenvalue weighted by Crippen LogP contribution is -2.32. The number of rotatable bonds is 8. The maximum Gasteiger partial charge on any atom is 0.261 e. The van der Waals surface area contributed by atoms with Crippen molar-refractivity contribution < 1.29 is 14.4 Å². The van der Waals surface area contributed by atoms with Gasteiger partial charge < -0.3 is 5.32 Å². The normalized spacial score (nSPS) is 16.5. The van der Waals surface area contributed by atoms with Crippen LogP contribution in [-0.4, -0.2) is 47.2 Å². The summed E-state index contributed by atoms with van der Waals surface area (Å²) in [6.07, 6.45) is 4.56. The van der Waals surface area contributed by atoms with Crippen LogP contribution in [0.4, 0.5) is 0 Å². The fourth-order valence-corrected chi connectivity index (χ4v) is 4.36. The number of nitrogens with one attached hydrogen (secondary N) is 1. The molecule has 162 valence electrons. The minimum Gasteiger partial charge on any atom is -0.352 e. The topological polar surface area (TPSA) is 69.7 Å². The number of nitrogens with zero attached hydrogens (tertiary/aromatic N) is 2. The molecule has 3 amide bonds. The minimum atomic E-state index is -0.271. The average Bonchev–Trinajstić information content (AvgIpc) is 3.04. The summed E-state index contributed by atoms with van der Waals surface area (Å²) in [7, 11) is 0. The maximum atomic E-state index is 12.4. The van der Waals surface area contributed by atoms with Gasteiger partial charge in [-0.25, -0.2) is 0 Å². The van der Waals surface area contributed by atoms with Crippen LogP contribution in [0.25, 0.3) is 0 Å². The predicted octanol–water partition coefficient (Wildman–Crippen LogP) is 3.37. The van der Waals surface area contributed by atoms with Crippen LogP contribution in [0.1, 0.15) is 63.9 Å². The second kappa shape index (κ2) is 9.88. The monoisotopic (exact) mass is 419 g/mol. The molecule has 6 nitrogen and oxygen atoms in total. The average molecular weight is 420 g/mol. The van der Waals surface area contributed by atoms with Crippen LogP contribution < -0.4 is 5.32 Å². The van der Waals surface area contributed by atoms with Crippen molar-refractivity contribution in [3.05, 3.63) is 70.8 Å². The molecule has 2 aliphatic rings. The summed E-state index contributed by atoms with van der Waals surface area (Å²) in [6, 6.07) is 15.1. The van der Waals surface area contributed by atoms with Crippen molar-refractivity contribution in [2.24, 2.45) is 0 Å². The van der Waals surface area contributed by atoms with Crippen LogP contribution in [0.3, 0.4) is 0 Å². The number of fused-ring (bicyclic) bond motifs is 1. The van der Waals surface area contributed by atoms with Gasteiger partial charge in [0.1, 0.15) is 0 Å². The predicted molar refractivity (Wildman–Crippen MR) is 118 cm³/mol. The summed E-state index contributed by atoms with van der Waals surface area (Å²) >= 11 is 0. The number of carbonyl (C=O) groups is 3. The Morgan fingerprint density at radius 2 is 1.45 bits per heavy atom. The number of hydrogen-bond acceptors (Lipinski definition) is 4. The van der Waals surface area contributed by atoms with E-state index in [1.54, 1.807) is 24.3 Å². The zero-order valence-electron chi connectivity index (χ0n) is 17.8. The van der Waals surface area contributed by atoms with Crippen LogP contribution in [-0.2, 0) is 17.9 Å². The first kappa shape index (κ1) is 21.2. The summed E-state index contributed by atoms with van der Waals surface area (Å²) in [6.45, 7) is 3.95. The molecule has 6 heteroatoms. The maximum absolute atomic E-state index is 12.4. The Morgan fingerprint density at radius 3 is 2.13 bits per heavy atom. The summed E-state index contributed by atoms with van der Waals surface area (Å²) in [5.41, 5.74) is 3.29. The van der Waals surface area contributed by atoms with Crippen molar-refractivity contribution in [2.75, 3.05) is 19.6 Å². The van der Waals surface area contributed by atoms with E-state index < -0.39 is 0 Å². The van der Waals surface area contributed by atoms with Gasteiger partial charge in [-0.2, -0.15) is 0 Å². The van der Waals surface area contributed by atoms with Crippen molar-refractivity contribution in [2.45, 2.75) is 45.2 Å². The minimum absolute atomic E-state index is 0.0654. The second-order valence-electron chi connectivity index (χ2n) is 8.29. The van der Waals surface area contributed by atoms with Crippen molar-refractivity contribution >= 4 is 17.7 Å². The first-order valence-electron chi connectivity index (χ1n) is 11.1. The van der Waals surface area contributed by atoms with Crippen LogP contribution >= 0.6 is 0 Å². The number of hydrogen-bond donors (Lipinski definition) is 1. The highest BCUT2D eigenvalue weighted by atomic mass is 16.2. The largest absolute Gasteiger partial charge is 0.352 e. The Bertz CT molecular complexity index is 931. The molecule has 0 bridgehead atoms. The zero-order valence-corrected chi connectivity index (χ0v) is 17.8. The molecule has 2 heterocycles. The van der Waals surface area contributed by atoms with Gasteiger partial charge in [-0.05, 0) is 55.6 Å². The molecule has 2 aromatic rings. The lowest BCUT2D eigenvalue weighted by Gasteiger charge is -2.27. The molecule has 0 unspecified atom stereocenters. The van der Waals surface area contributed by atoms with Crippen LogP contribution in [0, 0.1) is 0 Å². The van der Waals surface area contributed by atoms with E-state index in [0.717, 1.165) is 25.2 Å². The lowest BCUT2D eigenvalue weighted by atomic mass is 10.0. The van der Waals surface area contributed by atoms with Gasteiger partial charge in [0.25, 0.3) is 11.8 Å². The number of imide groups is 1. The second-order valence-corrected chi connectivity index (χ2v) is 8.29. The third-order valence-electron chi connectivity index (χ3n) is 6.10. The number of piperidine rings is 1. The number of benzene rings is 2. The molecule has 0 spiro atoms. The molecule has 0 saturated carbocycles. The standard InChI is InChI=1S/C25H29N3O3/c29-23(13-8-16-28-24(30)21-11-4-5-12-22(21)25(28)31)26-17-19-9-2-3-10-20(19)18-27-14-6-1-7-15-27/h2-5,9-12H,1,6-8,13-18H2,(H,26,29). The van der Waals surface area contributed by atoms with Crippen LogP contribution in [0.5, 0.6) is 0 Å². The fraction of sp³-hybridized carbons (Fsp3) is 0.400. The van der Waals surface area contributed by atoms with E-state index >= 15 is 0 Å². The van der Waals surface area contributed by atoms with Crippen molar-refractivity contribution in [1.29, 1.82) is 0 Å². The number of carbonyl (C=O) groups excluding carboxylic acids is 3. The Hall–Kier alpha value is -2.99. The SMILES string of the molecule is O=C(CCCN1C(=O)c2ccccc2C1=O)NCc1ccccc1CN1CCCCC1. The van der Waals surface area contributed by atoms with Gasteiger partial charge in [0, 0.05) is 26.1 Å². The van der Waals surface area contributed by atoms with Gasteiger partial charge in [-0.15, -0.1) is 0 Å². The highest BCUT2D eigenvalue weighted by Crippen LogP contribution is 2.22. The molecule has 0 aliphatic carbocycles. The number of amides is 3. The summed E-state index contributed by atoms with van der Waals surface area (Å²) < 4.78 is 0. The highest BCUT2D eigenvalue weighted by Gasteiger charge is 2.34. The van der Waals surface area contributed by atoms with Gasteiger partial charge in [0.2, 0.25) is 5.91 Å². The summed E-state index contributed by atoms with van der Waals surface area (Å²) in [4.78, 5) is 40.9. The third kappa shape index (κ3) is 5.02. The zero-order chi connectivity index (χ0) is 21.6. The van der Waals surface area contributed by atoms with E-state index in [1.165, 1.54) is 29.7 Å². The van der Waals surface area contributed by atoms with E-state index in [-0.39, 0.29) is 30.7 Å². The lowest BCUT2D eigenvalue weighted by molar-refractivity contribution is -0.121. The van der Waals surface area contributed by atoms with E-state index in [0.29, 0.717) is 24.1 Å². The molecule has 2 aromatic carbocycles. The molecule has 2 aliphatic heterocycles. The van der Waals surface area contributed by atoms with E-state index in [9.17, 15) is 14.4 Å². The van der Waals surface area contributed by atoms with Gasteiger partial charge >= 0.3 is 0 Å². The van der Waals surface area contributed by atoms with Gasteiger partial charge in [0.05, 0.1) is 11.1 Å². The molecule has 31 heavy (non-hydrogen) atoms. The van der Waals surface area contributed by atoms with Crippen molar-refractivity contribution in [3.8, 4) is 0 Å². The Kier molecular flexibility index (Phi) is 6.77. The molecule has 0 aromatic heterocycles. The first-order valence-corrected chi connectivity index (χ1v) is 11.1. The molecule has 0 radical (unpaired) electrons. The van der Waals surface area contributed by atoms with Crippen LogP contribution in [0.15, 0.2) is 48.5 Å². The highest BCUT2D eigenvalue weighted by molar-refractivity contribution is 6.21. The Morgan fingerprint density at radius 1 is 0.839 bits per heavy atom. The quantitative estimate of drug-likeness (QED) is 0.666. The number of likely N-dealkylation sites (tertiary alicyclic amines) is 1. The van der Waals surface area contributed by atoms with Crippen molar-refractivity contribution in [3.63, 3.8) is 0 Å². The molecule has 1 N–H and O–H groups in total. The van der Waals surface area contributed by atoms with Crippen molar-refractivity contribution in [1.82, 2.24) is 15.1 Å². The smallest absolute Gasteiger partial charge is 0.261 e. The molecule has 0 atom stereocenters. The third-order valence-corrected chi connectivity index (χ3v) is 6.10. The summed E-state index contributed by atoms with van der Waals surface area (Å²) in [5.74, 6) is -0.607. The summed E-state index contributed by atoms with van der Waals surface area (Å²) in [5, 5.41) is 3.00. The molecule has 4 rings (SSSR count). The Labute approximate surface area is 183 Å². The van der Waals surface area contributed by atoms with E-state index in [4.69, 9.17) is 0 Å². The molecular weight excluding hydrogens is 390 g/mol. The van der Waals surface area contributed by atoms with Crippen LogP contribution in [0.2, 0.25) is 0 Å². The van der Waals surface area contributed by atoms with Gasteiger partial charge in [0.15, 0.2) is 0 Å². The fourth-order valence-electron chi connectivity index (χ4n) is 4.36. The van der Waals surface area contributed by atoms with E-state index in [2.05, 4.69) is 22.3 Å². The molecule has 1 saturated heterocycles. The van der Waals surface area contributed by atoms with E-state index in [1.807, 2.05) is 12.1 Å². The Balaban J connectivity index is 1.24. The van der Waals surface area contributed by atoms with Gasteiger partial charge in [-0.1, -0.05) is 42.8 Å². The molecular formula is C25H29N3O3. The van der Waals surface area contributed by atoms with Gasteiger partial charge in [-0.3, -0.25) is 24.2 Å².